The van der Waals surface area contributed by atoms with Crippen molar-refractivity contribution in [1.29, 1.82) is 0 Å². The lowest BCUT2D eigenvalue weighted by Crippen LogP contribution is -2.47. The van der Waals surface area contributed by atoms with Crippen LogP contribution in [0.3, 0.4) is 0 Å². The number of aliphatic imine (C=N–C) groups is 3. The predicted molar refractivity (Wildman–Crippen MR) is 135 cm³/mol. The molecule has 2 heterocycles. The van der Waals surface area contributed by atoms with Gasteiger partial charge in [0.2, 0.25) is 0 Å². The van der Waals surface area contributed by atoms with Crippen molar-refractivity contribution in [2.45, 2.75) is 13.8 Å². The number of hydrogen-bond acceptors (Lipinski definition) is 7. The third-order valence-electron chi connectivity index (χ3n) is 5.34. The fraction of sp³-hybridized carbons (Fsp3) is 0.375. The Bertz CT molecular complexity index is 1100. The molecule has 2 N–H and O–H groups in total. The molecule has 9 nitrogen and oxygen atoms in total. The fourth-order valence-corrected chi connectivity index (χ4v) is 3.49. The summed E-state index contributed by atoms with van der Waals surface area (Å²) in [5.41, 5.74) is 1.69. The Morgan fingerprint density at radius 2 is 2.00 bits per heavy atom. The number of piperazine rings is 1. The van der Waals surface area contributed by atoms with Crippen molar-refractivity contribution in [3.05, 3.63) is 53.6 Å². The minimum atomic E-state index is -0.439. The third kappa shape index (κ3) is 6.92. The van der Waals surface area contributed by atoms with Crippen LogP contribution in [0, 0.1) is 12.7 Å². The summed E-state index contributed by atoms with van der Waals surface area (Å²) in [6.07, 6.45) is 3.30. The van der Waals surface area contributed by atoms with E-state index in [1.54, 1.807) is 19.1 Å². The molecular weight excluding hydrogens is 437 g/mol. The molecule has 10 heteroatoms. The van der Waals surface area contributed by atoms with Crippen molar-refractivity contribution in [3.63, 3.8) is 0 Å². The molecule has 3 rings (SSSR count). The Hall–Kier alpha value is -3.66. The van der Waals surface area contributed by atoms with Gasteiger partial charge in [-0.1, -0.05) is 0 Å². The number of aromatic nitrogens is 1. The molecule has 0 atom stereocenters. The molecule has 0 spiro atoms. The van der Waals surface area contributed by atoms with Crippen LogP contribution in [0.5, 0.6) is 5.75 Å². The maximum atomic E-state index is 14.5. The molecule has 1 aliphatic heterocycles. The number of halogens is 1. The van der Waals surface area contributed by atoms with E-state index in [9.17, 15) is 4.39 Å². The van der Waals surface area contributed by atoms with Gasteiger partial charge in [0.25, 0.3) is 0 Å². The molecule has 1 aromatic carbocycles. The van der Waals surface area contributed by atoms with Gasteiger partial charge in [0.1, 0.15) is 17.4 Å². The first-order valence-electron chi connectivity index (χ1n) is 11.0. The molecule has 34 heavy (non-hydrogen) atoms. The van der Waals surface area contributed by atoms with Gasteiger partial charge in [-0.2, -0.15) is 0 Å². The van der Waals surface area contributed by atoms with Gasteiger partial charge in [0.05, 0.1) is 6.20 Å². The van der Waals surface area contributed by atoms with Crippen molar-refractivity contribution in [2.75, 3.05) is 46.7 Å². The Kier molecular flexibility index (Phi) is 8.80. The average Bonchev–Trinajstić information content (AvgIpc) is 3.16. The molecule has 1 fully saturated rings. The fourth-order valence-electron chi connectivity index (χ4n) is 3.49. The number of hydrogen-bond donors (Lipinski definition) is 2. The summed E-state index contributed by atoms with van der Waals surface area (Å²) in [4.78, 5) is 19.8. The number of aromatic amines is 1. The maximum absolute atomic E-state index is 14.5. The number of nitrogens with zero attached hydrogens (tertiary/aromatic N) is 5. The van der Waals surface area contributed by atoms with Crippen LogP contribution in [0.15, 0.2) is 57.0 Å². The number of rotatable bonds is 10. The molecule has 1 aliphatic rings. The number of aryl methyl sites for hydroxylation is 1. The van der Waals surface area contributed by atoms with E-state index in [1.807, 2.05) is 13.0 Å². The highest BCUT2D eigenvalue weighted by molar-refractivity contribution is 5.93. The van der Waals surface area contributed by atoms with Crippen molar-refractivity contribution < 1.29 is 13.9 Å². The Labute approximate surface area is 199 Å². The monoisotopic (exact) mass is 469 g/mol. The van der Waals surface area contributed by atoms with Crippen molar-refractivity contribution >= 4 is 30.2 Å². The van der Waals surface area contributed by atoms with Crippen LogP contribution in [0.2, 0.25) is 0 Å². The first-order valence-corrected chi connectivity index (χ1v) is 11.0. The van der Waals surface area contributed by atoms with Crippen molar-refractivity contribution in [3.8, 4) is 5.75 Å². The number of fused-ring (bicyclic) bond motifs is 1. The molecule has 0 saturated carbocycles. The Morgan fingerprint density at radius 1 is 1.24 bits per heavy atom. The van der Waals surface area contributed by atoms with Crippen LogP contribution < -0.4 is 10.1 Å². The minimum absolute atomic E-state index is 0.0439. The van der Waals surface area contributed by atoms with Crippen LogP contribution >= 0.6 is 0 Å². The summed E-state index contributed by atoms with van der Waals surface area (Å²) in [6, 6.07) is 5.06. The molecular formula is C24H32FN7O2. The van der Waals surface area contributed by atoms with Crippen molar-refractivity contribution in [1.82, 2.24) is 20.1 Å². The maximum Gasteiger partial charge on any atom is 0.181 e. The zero-order chi connectivity index (χ0) is 24.5. The number of ether oxygens (including phenoxy) is 2. The van der Waals surface area contributed by atoms with E-state index in [4.69, 9.17) is 9.47 Å². The molecule has 182 valence electrons. The molecule has 0 bridgehead atoms. The quantitative estimate of drug-likeness (QED) is 0.241. The third-order valence-corrected chi connectivity index (χ3v) is 5.34. The predicted octanol–water partition coefficient (Wildman–Crippen LogP) is 3.27. The van der Waals surface area contributed by atoms with Crippen LogP contribution in [0.25, 0.3) is 10.9 Å². The smallest absolute Gasteiger partial charge is 0.181 e. The molecule has 0 unspecified atom stereocenters. The van der Waals surface area contributed by atoms with E-state index in [0.717, 1.165) is 42.8 Å². The van der Waals surface area contributed by atoms with E-state index < -0.39 is 5.82 Å². The van der Waals surface area contributed by atoms with Crippen LogP contribution in [-0.4, -0.2) is 80.7 Å². The molecule has 0 amide bonds. The summed E-state index contributed by atoms with van der Waals surface area (Å²) in [7, 11) is 2.08. The van der Waals surface area contributed by atoms with Gasteiger partial charge in [-0.3, -0.25) is 4.99 Å². The van der Waals surface area contributed by atoms with Gasteiger partial charge >= 0.3 is 0 Å². The topological polar surface area (TPSA) is 89.8 Å². The van der Waals surface area contributed by atoms with E-state index in [-0.39, 0.29) is 19.2 Å². The van der Waals surface area contributed by atoms with Crippen LogP contribution in [0.1, 0.15) is 12.6 Å². The first kappa shape index (κ1) is 25.0. The number of H-pyrrole nitrogens is 1. The van der Waals surface area contributed by atoms with Crippen LogP contribution in [-0.2, 0) is 4.74 Å². The highest BCUT2D eigenvalue weighted by atomic mass is 19.1. The lowest BCUT2D eigenvalue weighted by Gasteiger charge is -2.33. The summed E-state index contributed by atoms with van der Waals surface area (Å²) >= 11 is 0. The Balaban J connectivity index is 1.74. The number of likely N-dealkylation sites (N-methyl/N-ethyl adjacent to an activating group) is 1. The number of benzene rings is 1. The minimum Gasteiger partial charge on any atom is -0.476 e. The first-order chi connectivity index (χ1) is 16.4. The Morgan fingerprint density at radius 3 is 2.71 bits per heavy atom. The molecule has 1 saturated heterocycles. The molecule has 0 radical (unpaired) electrons. The highest BCUT2D eigenvalue weighted by Crippen LogP contribution is 2.25. The van der Waals surface area contributed by atoms with E-state index in [1.165, 1.54) is 12.3 Å². The zero-order valence-electron chi connectivity index (χ0n) is 20.0. The SMILES string of the molecule is C=N/C=C(/C)OCN/C(=C/C(=N\COc1cc2cc(C)[nH]c2cc1F)N1CCN(C)CC1)N=C. The van der Waals surface area contributed by atoms with Crippen LogP contribution in [0.4, 0.5) is 4.39 Å². The molecule has 2 aromatic rings. The van der Waals surface area contributed by atoms with Gasteiger partial charge in [-0.05, 0) is 46.5 Å². The second kappa shape index (κ2) is 12.0. The average molecular weight is 470 g/mol. The van der Waals surface area contributed by atoms with Gasteiger partial charge in [-0.25, -0.2) is 14.4 Å². The summed E-state index contributed by atoms with van der Waals surface area (Å²) in [5.74, 6) is 1.49. The summed E-state index contributed by atoms with van der Waals surface area (Å²) < 4.78 is 25.7. The number of allylic oxidation sites excluding steroid dienone is 1. The molecule has 0 aliphatic carbocycles. The van der Waals surface area contributed by atoms with Crippen molar-refractivity contribution in [2.24, 2.45) is 15.0 Å². The van der Waals surface area contributed by atoms with Gasteiger partial charge < -0.3 is 29.6 Å². The van der Waals surface area contributed by atoms with Gasteiger partial charge in [0.15, 0.2) is 25.0 Å². The summed E-state index contributed by atoms with van der Waals surface area (Å²) in [6.45, 7) is 14.3. The van der Waals surface area contributed by atoms with E-state index in [0.29, 0.717) is 17.4 Å². The van der Waals surface area contributed by atoms with E-state index >= 15 is 0 Å². The normalized spacial score (nSPS) is 16.0. The largest absolute Gasteiger partial charge is 0.476 e. The number of nitrogens with one attached hydrogen (secondary N) is 2. The second-order valence-corrected chi connectivity index (χ2v) is 7.98. The zero-order valence-corrected chi connectivity index (χ0v) is 20.0. The second-order valence-electron chi connectivity index (χ2n) is 7.98. The lowest BCUT2D eigenvalue weighted by atomic mass is 10.2. The standard InChI is InChI=1S/C24H32FN7O2/c1-17-10-19-11-22(20(25)12-21(19)30-17)34-16-29-24(32-8-6-31(5)7-9-32)13-23(27-4)28-15-33-18(2)14-26-3/h10-14,28,30H,3-4,6-9,15-16H2,1-2,5H3/b18-14-,23-13+,29-24+. The highest BCUT2D eigenvalue weighted by Gasteiger charge is 2.17. The van der Waals surface area contributed by atoms with Gasteiger partial charge in [-0.15, -0.1) is 0 Å². The van der Waals surface area contributed by atoms with Gasteiger partial charge in [0, 0.05) is 54.9 Å². The molecule has 1 aromatic heterocycles. The summed E-state index contributed by atoms with van der Waals surface area (Å²) in [5, 5.41) is 3.95. The van der Waals surface area contributed by atoms with E-state index in [2.05, 4.69) is 55.6 Å². The number of amidine groups is 1. The lowest BCUT2D eigenvalue weighted by molar-refractivity contribution is 0.198.